The number of ketones is 1. The molecule has 1 N–H and O–H groups in total. The lowest BCUT2D eigenvalue weighted by molar-refractivity contribution is -0.195. The van der Waals surface area contributed by atoms with Crippen LogP contribution in [0.5, 0.6) is 0 Å². The number of hydrogen-bond acceptors (Lipinski definition) is 7. The largest absolute Gasteiger partial charge is 0.458 e. The molecule has 2 heterocycles. The molecule has 0 aromatic carbocycles. The Hall–Kier alpha value is -2.30. The van der Waals surface area contributed by atoms with E-state index < -0.39 is 44.5 Å². The van der Waals surface area contributed by atoms with Crippen LogP contribution in [0, 0.1) is 12.8 Å². The molecule has 184 valence electrons. The highest BCUT2D eigenvalue weighted by molar-refractivity contribution is 6.74. The molecule has 2 rings (SSSR count). The van der Waals surface area contributed by atoms with Crippen LogP contribution >= 0.6 is 0 Å². The fourth-order valence-corrected chi connectivity index (χ4v) is 5.10. The average molecular weight is 480 g/mol. The first-order valence-corrected chi connectivity index (χ1v) is 14.0. The van der Waals surface area contributed by atoms with Gasteiger partial charge in [-0.05, 0) is 38.0 Å². The molecule has 1 aromatic rings. The lowest BCUT2D eigenvalue weighted by Crippen LogP contribution is -2.70. The van der Waals surface area contributed by atoms with Crippen molar-refractivity contribution in [2.75, 3.05) is 6.61 Å². The van der Waals surface area contributed by atoms with Gasteiger partial charge in [-0.2, -0.15) is 5.10 Å². The Morgan fingerprint density at radius 3 is 2.45 bits per heavy atom. The molecule has 4 atom stereocenters. The highest BCUT2D eigenvalue weighted by atomic mass is 28.4. The Bertz CT molecular complexity index is 900. The summed E-state index contributed by atoms with van der Waals surface area (Å²) in [5, 5.41) is 14.7. The fourth-order valence-electron chi connectivity index (χ4n) is 3.67. The number of hydrogen-bond donors (Lipinski definition) is 1. The molecule has 0 spiro atoms. The van der Waals surface area contributed by atoms with E-state index in [9.17, 15) is 19.5 Å². The number of amides is 1. The molecule has 10 heteroatoms. The number of Topliss-reactive ketones (excluding diaryl/α,β-unsaturated/α-hetero) is 1. The molecule has 1 unspecified atom stereocenters. The zero-order valence-corrected chi connectivity index (χ0v) is 21.9. The number of carbonyl (C=O) groups is 3. The minimum Gasteiger partial charge on any atom is -0.458 e. The molecule has 0 saturated carbocycles. The minimum absolute atomic E-state index is 0.0709. The highest BCUT2D eigenvalue weighted by Gasteiger charge is 2.56. The molecule has 1 saturated heterocycles. The van der Waals surface area contributed by atoms with Gasteiger partial charge in [0.05, 0.1) is 18.1 Å². The van der Waals surface area contributed by atoms with Gasteiger partial charge in [0.1, 0.15) is 12.3 Å². The molecular formula is C23H37N3O6Si. The van der Waals surface area contributed by atoms with Crippen LogP contribution in [0.2, 0.25) is 18.1 Å². The smallest absolute Gasteiger partial charge is 0.356 e. The summed E-state index contributed by atoms with van der Waals surface area (Å²) < 4.78 is 12.9. The Morgan fingerprint density at radius 1 is 1.36 bits per heavy atom. The first-order valence-electron chi connectivity index (χ1n) is 11.1. The molecule has 33 heavy (non-hydrogen) atoms. The summed E-state index contributed by atoms with van der Waals surface area (Å²) >= 11 is 0. The van der Waals surface area contributed by atoms with Crippen LogP contribution in [-0.2, 0) is 25.8 Å². The van der Waals surface area contributed by atoms with Gasteiger partial charge in [-0.1, -0.05) is 33.4 Å². The van der Waals surface area contributed by atoms with Gasteiger partial charge in [-0.15, -0.1) is 0 Å². The van der Waals surface area contributed by atoms with E-state index in [4.69, 9.17) is 9.16 Å². The van der Waals surface area contributed by atoms with Gasteiger partial charge < -0.3 is 19.2 Å². The maximum atomic E-state index is 13.1. The van der Waals surface area contributed by atoms with Crippen LogP contribution in [0.4, 0.5) is 0 Å². The summed E-state index contributed by atoms with van der Waals surface area (Å²) in [6, 6.07) is 0.949. The molecule has 0 radical (unpaired) electrons. The van der Waals surface area contributed by atoms with Crippen molar-refractivity contribution in [3.8, 4) is 0 Å². The number of carbonyl (C=O) groups excluding carboxylic acids is 3. The third-order valence-electron chi connectivity index (χ3n) is 6.72. The van der Waals surface area contributed by atoms with E-state index in [1.807, 2.05) is 13.8 Å². The predicted octanol–water partition coefficient (Wildman–Crippen LogP) is 2.59. The normalized spacial score (nSPS) is 20.8. The summed E-state index contributed by atoms with van der Waals surface area (Å²) in [5.74, 6) is -2.36. The van der Waals surface area contributed by atoms with Crippen LogP contribution in [0.3, 0.4) is 0 Å². The summed E-state index contributed by atoms with van der Waals surface area (Å²) in [6.45, 7) is 17.5. The van der Waals surface area contributed by atoms with Crippen molar-refractivity contribution in [2.24, 2.45) is 13.0 Å². The molecule has 1 amide bonds. The maximum Gasteiger partial charge on any atom is 0.356 e. The standard InChI is InChI=1S/C23H37N3O6Si/c1-10-11-31-22(30)21(29)26-17(13-18(27)16-12-14(2)25(7)24-16)19(20(26)28)15(3)32-33(8,9)23(4,5)6/h10,12,15,17,19,21,29H,1,11,13H2,2-9H3/t15-,17-,19-,21?/m1/s1. The van der Waals surface area contributed by atoms with Gasteiger partial charge >= 0.3 is 5.97 Å². The van der Waals surface area contributed by atoms with E-state index in [2.05, 4.69) is 45.5 Å². The van der Waals surface area contributed by atoms with E-state index in [0.29, 0.717) is 0 Å². The van der Waals surface area contributed by atoms with Crippen LogP contribution in [-0.4, -0.2) is 70.7 Å². The Kier molecular flexibility index (Phi) is 8.09. The van der Waals surface area contributed by atoms with Crippen molar-refractivity contribution in [2.45, 2.75) is 77.5 Å². The van der Waals surface area contributed by atoms with Gasteiger partial charge in [0.15, 0.2) is 14.1 Å². The lowest BCUT2D eigenvalue weighted by atomic mass is 9.80. The number of aliphatic hydroxyl groups is 1. The number of ether oxygens (including phenoxy) is 1. The van der Waals surface area contributed by atoms with Crippen LogP contribution in [0.15, 0.2) is 18.7 Å². The molecular weight excluding hydrogens is 442 g/mol. The monoisotopic (exact) mass is 479 g/mol. The van der Waals surface area contributed by atoms with Gasteiger partial charge in [0, 0.05) is 19.2 Å². The average Bonchev–Trinajstić information content (AvgIpc) is 3.02. The maximum absolute atomic E-state index is 13.1. The number of β-lactam (4-membered cyclic amide) rings is 1. The number of aliphatic hydroxyl groups excluding tert-OH is 1. The molecule has 9 nitrogen and oxygen atoms in total. The Balaban J connectivity index is 2.30. The summed E-state index contributed by atoms with van der Waals surface area (Å²) in [6.07, 6.45) is -1.03. The van der Waals surface area contributed by atoms with Crippen molar-refractivity contribution in [1.29, 1.82) is 0 Å². The molecule has 1 aromatic heterocycles. The summed E-state index contributed by atoms with van der Waals surface area (Å²) in [4.78, 5) is 39.3. The third kappa shape index (κ3) is 5.61. The van der Waals surface area contributed by atoms with Crippen LogP contribution < -0.4 is 0 Å². The van der Waals surface area contributed by atoms with Crippen LogP contribution in [0.25, 0.3) is 0 Å². The first kappa shape index (κ1) is 26.9. The van der Waals surface area contributed by atoms with E-state index in [0.717, 1.165) is 10.6 Å². The second kappa shape index (κ2) is 9.90. The number of likely N-dealkylation sites (tertiary alicyclic amines) is 1. The third-order valence-corrected chi connectivity index (χ3v) is 11.3. The predicted molar refractivity (Wildman–Crippen MR) is 126 cm³/mol. The quantitative estimate of drug-likeness (QED) is 0.180. The zero-order valence-electron chi connectivity index (χ0n) is 20.9. The Labute approximate surface area is 196 Å². The molecule has 1 fully saturated rings. The number of nitrogens with zero attached hydrogens (tertiary/aromatic N) is 3. The van der Waals surface area contributed by atoms with E-state index in [1.165, 1.54) is 6.08 Å². The van der Waals surface area contributed by atoms with Crippen molar-refractivity contribution >= 4 is 26.0 Å². The summed E-state index contributed by atoms with van der Waals surface area (Å²) in [5.41, 5.74) is 1.09. The second-order valence-corrected chi connectivity index (χ2v) is 14.9. The van der Waals surface area contributed by atoms with Gasteiger partial charge in [0.2, 0.25) is 12.1 Å². The zero-order chi connectivity index (χ0) is 25.3. The topological polar surface area (TPSA) is 111 Å². The number of aromatic nitrogens is 2. The van der Waals surface area contributed by atoms with Gasteiger partial charge in [-0.25, -0.2) is 4.79 Å². The van der Waals surface area contributed by atoms with Crippen molar-refractivity contribution in [3.63, 3.8) is 0 Å². The van der Waals surface area contributed by atoms with Gasteiger partial charge in [-0.3, -0.25) is 14.3 Å². The highest BCUT2D eigenvalue weighted by Crippen LogP contribution is 2.41. The fraction of sp³-hybridized carbons (Fsp3) is 0.652. The molecule has 0 aliphatic carbocycles. The summed E-state index contributed by atoms with van der Waals surface area (Å²) in [7, 11) is -0.467. The second-order valence-electron chi connectivity index (χ2n) is 10.1. The van der Waals surface area contributed by atoms with E-state index in [1.54, 1.807) is 17.8 Å². The molecule has 1 aliphatic heterocycles. The minimum atomic E-state index is -2.21. The molecule has 1 aliphatic rings. The van der Waals surface area contributed by atoms with E-state index in [-0.39, 0.29) is 29.5 Å². The first-order chi connectivity index (χ1) is 15.1. The van der Waals surface area contributed by atoms with Gasteiger partial charge in [0.25, 0.3) is 0 Å². The number of rotatable bonds is 10. The Morgan fingerprint density at radius 2 is 1.97 bits per heavy atom. The molecule has 0 bridgehead atoms. The number of aryl methyl sites for hydroxylation is 2. The SMILES string of the molecule is C=CCOC(=O)C(O)N1C(=O)[C@H]([C@@H](C)O[Si](C)(C)C(C)(C)C)[C@H]1CC(=O)c1cc(C)n(C)n1. The number of esters is 1. The van der Waals surface area contributed by atoms with Crippen molar-refractivity contribution in [1.82, 2.24) is 14.7 Å². The van der Waals surface area contributed by atoms with Crippen LogP contribution in [0.1, 0.15) is 50.3 Å². The van der Waals surface area contributed by atoms with Crippen molar-refractivity contribution in [3.05, 3.63) is 30.1 Å². The van der Waals surface area contributed by atoms with Crippen molar-refractivity contribution < 1.29 is 28.7 Å². The van der Waals surface area contributed by atoms with E-state index >= 15 is 0 Å². The lowest BCUT2D eigenvalue weighted by Gasteiger charge is -2.52.